The van der Waals surface area contributed by atoms with Crippen LogP contribution in [0.4, 0.5) is 5.69 Å². The fourth-order valence-electron chi connectivity index (χ4n) is 6.61. The van der Waals surface area contributed by atoms with E-state index in [9.17, 15) is 24.3 Å². The third kappa shape index (κ3) is 6.90. The molecule has 1 aromatic rings. The number of hydrogen-bond donors (Lipinski definition) is 2. The van der Waals surface area contributed by atoms with Crippen LogP contribution in [0.1, 0.15) is 45.4 Å². The predicted octanol–water partition coefficient (Wildman–Crippen LogP) is 3.78. The number of amides is 3. The van der Waals surface area contributed by atoms with Crippen molar-refractivity contribution >= 4 is 56.9 Å². The zero-order valence-corrected chi connectivity index (χ0v) is 27.3. The Hall–Kier alpha value is -2.73. The molecule has 0 aliphatic carbocycles. The van der Waals surface area contributed by atoms with Gasteiger partial charge in [0.15, 0.2) is 0 Å². The van der Waals surface area contributed by atoms with Crippen LogP contribution < -0.4 is 10.2 Å². The van der Waals surface area contributed by atoms with Crippen LogP contribution in [0.25, 0.3) is 0 Å². The zero-order chi connectivity index (χ0) is 32.0. The fraction of sp³-hybridized carbons (Fsp3) is 0.562. The molecule has 44 heavy (non-hydrogen) atoms. The first kappa shape index (κ1) is 34.1. The Bertz CT molecular complexity index is 1250. The van der Waals surface area contributed by atoms with Crippen molar-refractivity contribution < 1.29 is 33.8 Å². The number of aliphatic hydroxyl groups is 1. The number of unbranched alkanes of at least 4 members (excludes halogenated alkanes) is 2. The minimum absolute atomic E-state index is 0.0312. The van der Waals surface area contributed by atoms with Gasteiger partial charge in [-0.25, -0.2) is 0 Å². The van der Waals surface area contributed by atoms with Crippen LogP contribution in [0.15, 0.2) is 49.6 Å². The molecule has 3 aliphatic heterocycles. The maximum absolute atomic E-state index is 14.5. The Balaban J connectivity index is 1.62. The topological polar surface area (TPSA) is 125 Å². The summed E-state index contributed by atoms with van der Waals surface area (Å²) in [5, 5.41) is 12.6. The molecule has 4 rings (SSSR count). The Morgan fingerprint density at radius 3 is 2.64 bits per heavy atom. The number of halogens is 2. The first-order valence-electron chi connectivity index (χ1n) is 15.1. The molecule has 0 saturated carbocycles. The van der Waals surface area contributed by atoms with Crippen molar-refractivity contribution in [1.82, 2.24) is 10.2 Å². The maximum atomic E-state index is 14.5. The standard InChI is InChI=1S/C32H41BrClN3O7/c1-4-6-10-24(39)35-19-20(3)43-31(42)25-26-29(40)37(16-8-7-9-17-38)28(32(26)18-23(33)27(25)44-32)30(41)36(15-5-2)22-13-11-21(34)12-14-22/h4-5,11-14,20,23,25-28,38H,1-2,6-10,15-19H2,3H3,(H,35,39)/t20-,23?,25+,26-,27+,28+,32-/m0/s1. The third-order valence-corrected chi connectivity index (χ3v) is 9.64. The Labute approximate surface area is 271 Å². The molecule has 3 saturated heterocycles. The number of benzene rings is 1. The smallest absolute Gasteiger partial charge is 0.312 e. The van der Waals surface area contributed by atoms with Crippen molar-refractivity contribution in [3.05, 3.63) is 54.6 Å². The average molecular weight is 695 g/mol. The molecule has 3 amide bonds. The molecule has 12 heteroatoms. The van der Waals surface area contributed by atoms with Gasteiger partial charge in [-0.2, -0.15) is 0 Å². The van der Waals surface area contributed by atoms with E-state index < -0.39 is 41.7 Å². The van der Waals surface area contributed by atoms with Crippen LogP contribution in [-0.4, -0.2) is 88.6 Å². The van der Waals surface area contributed by atoms with Gasteiger partial charge in [0.1, 0.15) is 17.7 Å². The van der Waals surface area contributed by atoms with Crippen LogP contribution >= 0.6 is 27.5 Å². The first-order chi connectivity index (χ1) is 21.1. The first-order valence-corrected chi connectivity index (χ1v) is 16.4. The largest absolute Gasteiger partial charge is 0.460 e. The number of likely N-dealkylation sites (tertiary alicyclic amines) is 1. The minimum Gasteiger partial charge on any atom is -0.460 e. The Morgan fingerprint density at radius 1 is 1.25 bits per heavy atom. The summed E-state index contributed by atoms with van der Waals surface area (Å²) in [5.41, 5.74) is -0.656. The number of ether oxygens (including phenoxy) is 2. The number of allylic oxidation sites excluding steroid dienone is 1. The van der Waals surface area contributed by atoms with E-state index in [0.717, 1.165) is 0 Å². The van der Waals surface area contributed by atoms with Gasteiger partial charge in [-0.05, 0) is 63.3 Å². The second kappa shape index (κ2) is 15.0. The summed E-state index contributed by atoms with van der Waals surface area (Å²) in [6.07, 6.45) is 4.95. The number of hydrogen-bond acceptors (Lipinski definition) is 7. The van der Waals surface area contributed by atoms with Crippen molar-refractivity contribution in [2.24, 2.45) is 11.8 Å². The SMILES string of the molecule is C=CCCC(=O)NC[C@H](C)OC(=O)[C@H]1[C@@H]2O[C@@]3(CC2Br)[C@@H]1C(=O)N(CCCCCO)[C@@H]3C(=O)N(CC=C)c1ccc(Cl)cc1. The number of carbonyl (C=O) groups excluding carboxylic acids is 4. The van der Waals surface area contributed by atoms with Gasteiger partial charge in [0.2, 0.25) is 11.8 Å². The van der Waals surface area contributed by atoms with Crippen molar-refractivity contribution in [3.8, 4) is 0 Å². The van der Waals surface area contributed by atoms with Gasteiger partial charge < -0.3 is 29.7 Å². The highest BCUT2D eigenvalue weighted by atomic mass is 79.9. The second-order valence-electron chi connectivity index (χ2n) is 11.6. The highest BCUT2D eigenvalue weighted by Crippen LogP contribution is 2.60. The van der Waals surface area contributed by atoms with E-state index in [1.807, 2.05) is 0 Å². The van der Waals surface area contributed by atoms with Crippen LogP contribution in [0.5, 0.6) is 0 Å². The van der Waals surface area contributed by atoms with E-state index >= 15 is 0 Å². The number of aliphatic hydroxyl groups excluding tert-OH is 1. The van der Waals surface area contributed by atoms with Gasteiger partial charge in [-0.1, -0.05) is 39.7 Å². The summed E-state index contributed by atoms with van der Waals surface area (Å²) in [4.78, 5) is 57.3. The normalized spacial score (nSPS) is 27.5. The number of carbonyl (C=O) groups is 4. The minimum atomic E-state index is -1.25. The van der Waals surface area contributed by atoms with E-state index in [4.69, 9.17) is 21.1 Å². The summed E-state index contributed by atoms with van der Waals surface area (Å²) in [6.45, 7) is 9.73. The number of rotatable bonds is 16. The lowest BCUT2D eigenvalue weighted by atomic mass is 9.70. The summed E-state index contributed by atoms with van der Waals surface area (Å²) >= 11 is 9.79. The number of fused-ring (bicyclic) bond motifs is 1. The molecule has 10 nitrogen and oxygen atoms in total. The molecule has 3 fully saturated rings. The molecule has 1 unspecified atom stereocenters. The van der Waals surface area contributed by atoms with Gasteiger partial charge >= 0.3 is 5.97 Å². The van der Waals surface area contributed by atoms with Gasteiger partial charge in [0, 0.05) is 41.7 Å². The van der Waals surface area contributed by atoms with E-state index in [1.165, 1.54) is 0 Å². The van der Waals surface area contributed by atoms with Crippen LogP contribution in [0, 0.1) is 11.8 Å². The average Bonchev–Trinajstić information content (AvgIpc) is 3.59. The monoisotopic (exact) mass is 693 g/mol. The molecular formula is C32H41BrClN3O7. The molecule has 1 aromatic carbocycles. The summed E-state index contributed by atoms with van der Waals surface area (Å²) in [5.74, 6) is -3.27. The number of alkyl halides is 1. The van der Waals surface area contributed by atoms with Gasteiger partial charge in [0.25, 0.3) is 5.91 Å². The predicted molar refractivity (Wildman–Crippen MR) is 170 cm³/mol. The molecule has 240 valence electrons. The zero-order valence-electron chi connectivity index (χ0n) is 25.0. The molecule has 7 atom stereocenters. The lowest BCUT2D eigenvalue weighted by molar-refractivity contribution is -0.159. The molecule has 1 spiro atoms. The Morgan fingerprint density at radius 2 is 1.98 bits per heavy atom. The van der Waals surface area contributed by atoms with Gasteiger partial charge in [-0.15, -0.1) is 13.2 Å². The highest BCUT2D eigenvalue weighted by molar-refractivity contribution is 9.09. The maximum Gasteiger partial charge on any atom is 0.312 e. The molecule has 3 aliphatic rings. The van der Waals surface area contributed by atoms with Crippen LogP contribution in [0.3, 0.4) is 0 Å². The van der Waals surface area contributed by atoms with Gasteiger partial charge in [0.05, 0.1) is 24.5 Å². The van der Waals surface area contributed by atoms with Crippen LogP contribution in [0.2, 0.25) is 5.02 Å². The van der Waals surface area contributed by atoms with Crippen molar-refractivity contribution in [1.29, 1.82) is 0 Å². The molecule has 0 aromatic heterocycles. The third-order valence-electron chi connectivity index (χ3n) is 8.55. The molecular weight excluding hydrogens is 654 g/mol. The fourth-order valence-corrected chi connectivity index (χ4v) is 7.68. The molecule has 3 heterocycles. The van der Waals surface area contributed by atoms with E-state index in [0.29, 0.717) is 42.8 Å². The molecule has 0 radical (unpaired) electrons. The van der Waals surface area contributed by atoms with Crippen LogP contribution in [-0.2, 0) is 28.7 Å². The number of nitrogens with one attached hydrogen (secondary N) is 1. The lowest BCUT2D eigenvalue weighted by Crippen LogP contribution is -2.57. The van der Waals surface area contributed by atoms with E-state index in [-0.39, 0.29) is 55.2 Å². The Kier molecular flexibility index (Phi) is 11.7. The molecule has 2 bridgehead atoms. The molecule has 2 N–H and O–H groups in total. The lowest BCUT2D eigenvalue weighted by Gasteiger charge is -2.37. The summed E-state index contributed by atoms with van der Waals surface area (Å²) < 4.78 is 12.3. The highest BCUT2D eigenvalue weighted by Gasteiger charge is 2.77. The number of esters is 1. The van der Waals surface area contributed by atoms with Gasteiger partial charge in [-0.3, -0.25) is 19.2 Å². The number of anilines is 1. The van der Waals surface area contributed by atoms with Crippen molar-refractivity contribution in [2.45, 2.75) is 74.1 Å². The quantitative estimate of drug-likeness (QED) is 0.117. The van der Waals surface area contributed by atoms with E-state index in [2.05, 4.69) is 34.4 Å². The summed E-state index contributed by atoms with van der Waals surface area (Å²) in [6, 6.07) is 5.86. The van der Waals surface area contributed by atoms with Crippen molar-refractivity contribution in [3.63, 3.8) is 0 Å². The number of nitrogens with zero attached hydrogens (tertiary/aromatic N) is 2. The second-order valence-corrected chi connectivity index (χ2v) is 13.2. The van der Waals surface area contributed by atoms with Crippen molar-refractivity contribution in [2.75, 3.05) is 31.1 Å². The van der Waals surface area contributed by atoms with E-state index in [1.54, 1.807) is 53.1 Å². The summed E-state index contributed by atoms with van der Waals surface area (Å²) in [7, 11) is 0.